The Kier molecular flexibility index (Phi) is 5.41. The number of nitrogens with zero attached hydrogens (tertiary/aromatic N) is 5. The van der Waals surface area contributed by atoms with Crippen LogP contribution < -0.4 is 10.6 Å². The van der Waals surface area contributed by atoms with Gasteiger partial charge in [0.2, 0.25) is 0 Å². The highest BCUT2D eigenvalue weighted by atomic mass is 32.2. The molecule has 0 amide bonds. The molecule has 1 saturated carbocycles. The van der Waals surface area contributed by atoms with Gasteiger partial charge in [-0.1, -0.05) is 30.0 Å². The molecule has 4 aromatic rings. The van der Waals surface area contributed by atoms with Crippen LogP contribution in [0.4, 0.5) is 14.6 Å². The summed E-state index contributed by atoms with van der Waals surface area (Å²) in [7, 11) is 0. The van der Waals surface area contributed by atoms with Crippen molar-refractivity contribution in [2.45, 2.75) is 28.7 Å². The van der Waals surface area contributed by atoms with Crippen LogP contribution in [0.25, 0.3) is 11.2 Å². The zero-order valence-electron chi connectivity index (χ0n) is 19.2. The minimum atomic E-state index is -0.340. The molecule has 0 spiro atoms. The second-order valence-electron chi connectivity index (χ2n) is 9.20. The molecule has 0 bridgehead atoms. The van der Waals surface area contributed by atoms with Gasteiger partial charge >= 0.3 is 0 Å². The predicted molar refractivity (Wildman–Crippen MR) is 131 cm³/mol. The van der Waals surface area contributed by atoms with E-state index in [4.69, 9.17) is 10.7 Å². The Morgan fingerprint density at radius 2 is 1.94 bits per heavy atom. The van der Waals surface area contributed by atoms with Crippen molar-refractivity contribution >= 4 is 28.7 Å². The number of piperidine rings is 1. The Bertz CT molecular complexity index is 1430. The third-order valence-electron chi connectivity index (χ3n) is 7.47. The van der Waals surface area contributed by atoms with Crippen molar-refractivity contribution in [2.24, 2.45) is 17.6 Å². The third kappa shape index (κ3) is 3.65. The fraction of sp³-hybridized carbons (Fsp3) is 0.308. The summed E-state index contributed by atoms with van der Waals surface area (Å²) in [6.07, 6.45) is 4.25. The van der Waals surface area contributed by atoms with Crippen molar-refractivity contribution in [3.05, 3.63) is 77.8 Å². The summed E-state index contributed by atoms with van der Waals surface area (Å²) in [4.78, 5) is 20.6. The lowest BCUT2D eigenvalue weighted by molar-refractivity contribution is 0.533. The molecule has 2 N–H and O–H groups in total. The summed E-state index contributed by atoms with van der Waals surface area (Å²) in [6.45, 7) is 3.65. The van der Waals surface area contributed by atoms with E-state index >= 15 is 0 Å². The predicted octanol–water partition coefficient (Wildman–Crippen LogP) is 4.51. The lowest BCUT2D eigenvalue weighted by atomic mass is 9.91. The normalized spacial score (nSPS) is 23.4. The number of benzene rings is 1. The van der Waals surface area contributed by atoms with E-state index in [0.29, 0.717) is 39.2 Å². The van der Waals surface area contributed by atoms with E-state index in [0.717, 1.165) is 30.9 Å². The molecule has 3 aromatic heterocycles. The highest BCUT2D eigenvalue weighted by molar-refractivity contribution is 7.99. The van der Waals surface area contributed by atoms with E-state index in [1.807, 2.05) is 24.3 Å². The number of halogens is 2. The molecule has 0 radical (unpaired) electrons. The Hall–Kier alpha value is -3.17. The largest absolute Gasteiger partial charge is 0.355 e. The van der Waals surface area contributed by atoms with Crippen LogP contribution in [0.15, 0.2) is 64.8 Å². The molecule has 35 heavy (non-hydrogen) atoms. The molecule has 6 rings (SSSR count). The summed E-state index contributed by atoms with van der Waals surface area (Å²) in [5, 5.41) is 0.639. The molecule has 1 saturated heterocycles. The van der Waals surface area contributed by atoms with E-state index in [9.17, 15) is 8.78 Å². The van der Waals surface area contributed by atoms with Gasteiger partial charge in [0.25, 0.3) is 0 Å². The van der Waals surface area contributed by atoms with Gasteiger partial charge in [-0.25, -0.2) is 23.7 Å². The fourth-order valence-corrected chi connectivity index (χ4v) is 6.50. The number of hydrogen-bond acceptors (Lipinski definition) is 7. The van der Waals surface area contributed by atoms with Gasteiger partial charge in [0.1, 0.15) is 22.2 Å². The van der Waals surface area contributed by atoms with Gasteiger partial charge in [-0.3, -0.25) is 4.98 Å². The fourth-order valence-electron chi connectivity index (χ4n) is 5.64. The molecule has 2 fully saturated rings. The van der Waals surface area contributed by atoms with E-state index < -0.39 is 0 Å². The molecule has 1 aliphatic carbocycles. The number of fused-ring (bicyclic) bond motifs is 2. The van der Waals surface area contributed by atoms with Crippen LogP contribution in [0.5, 0.6) is 0 Å². The zero-order chi connectivity index (χ0) is 24.2. The van der Waals surface area contributed by atoms with Crippen molar-refractivity contribution in [3.8, 4) is 0 Å². The standard InChI is InChI=1S/C26H24F2N6S/c1-15-24(28)21(8-10-30-15)35-23-7-6-20-25(33-23)31-12-22(32-20)34-11-9-16-18(13-34)26(16,14-29)17-4-2-3-5-19(17)27/h2-8,10,12,16,18H,9,11,13-14,29H2,1H3/t16-,18+,26-/m1/s1. The topological polar surface area (TPSA) is 80.8 Å². The van der Waals surface area contributed by atoms with Crippen LogP contribution in [-0.2, 0) is 5.41 Å². The van der Waals surface area contributed by atoms with Gasteiger partial charge in [0.05, 0.1) is 16.8 Å². The number of hydrogen-bond donors (Lipinski definition) is 1. The highest BCUT2D eigenvalue weighted by Gasteiger charge is 2.66. The van der Waals surface area contributed by atoms with Crippen LogP contribution in [0.1, 0.15) is 17.7 Å². The van der Waals surface area contributed by atoms with Gasteiger partial charge < -0.3 is 10.6 Å². The minimum Gasteiger partial charge on any atom is -0.355 e. The molecule has 1 aliphatic heterocycles. The summed E-state index contributed by atoms with van der Waals surface area (Å²) in [5.41, 5.74) is 8.19. The Morgan fingerprint density at radius 3 is 2.77 bits per heavy atom. The molecule has 1 aromatic carbocycles. The molecule has 9 heteroatoms. The molecule has 4 heterocycles. The number of nitrogens with two attached hydrogens (primary N) is 1. The zero-order valence-corrected chi connectivity index (χ0v) is 20.0. The first-order valence-electron chi connectivity index (χ1n) is 11.6. The third-order valence-corrected chi connectivity index (χ3v) is 8.44. The van der Waals surface area contributed by atoms with Crippen LogP contribution in [0, 0.1) is 30.4 Å². The van der Waals surface area contributed by atoms with Crippen LogP contribution in [-0.4, -0.2) is 39.6 Å². The van der Waals surface area contributed by atoms with Crippen molar-refractivity contribution in [1.82, 2.24) is 19.9 Å². The van der Waals surface area contributed by atoms with E-state index in [-0.39, 0.29) is 23.0 Å². The monoisotopic (exact) mass is 490 g/mol. The SMILES string of the molecule is Cc1nccc(Sc2ccc3nc(N4CC[C@@H]5[C@H](C4)[C@@]5(CN)c4ccccc4F)cnc3n2)c1F. The van der Waals surface area contributed by atoms with Gasteiger partial charge in [0, 0.05) is 31.2 Å². The molecule has 178 valence electrons. The molecular formula is C26H24F2N6S. The number of rotatable bonds is 5. The van der Waals surface area contributed by atoms with Crippen molar-refractivity contribution in [1.29, 1.82) is 0 Å². The number of anilines is 1. The maximum Gasteiger partial charge on any atom is 0.179 e. The molecular weight excluding hydrogens is 466 g/mol. The minimum absolute atomic E-state index is 0.175. The molecule has 0 unspecified atom stereocenters. The van der Waals surface area contributed by atoms with Crippen molar-refractivity contribution in [2.75, 3.05) is 24.5 Å². The summed E-state index contributed by atoms with van der Waals surface area (Å²) >= 11 is 1.24. The summed E-state index contributed by atoms with van der Waals surface area (Å²) < 4.78 is 29.0. The van der Waals surface area contributed by atoms with Crippen molar-refractivity contribution in [3.63, 3.8) is 0 Å². The number of aryl methyl sites for hydroxylation is 1. The van der Waals surface area contributed by atoms with Crippen LogP contribution in [0.3, 0.4) is 0 Å². The maximum atomic E-state index is 14.6. The lowest BCUT2D eigenvalue weighted by Crippen LogP contribution is -2.32. The lowest BCUT2D eigenvalue weighted by Gasteiger charge is -2.27. The van der Waals surface area contributed by atoms with Gasteiger partial charge in [-0.15, -0.1) is 0 Å². The Morgan fingerprint density at radius 1 is 1.09 bits per heavy atom. The number of pyridine rings is 2. The first kappa shape index (κ1) is 22.3. The average molecular weight is 491 g/mol. The highest BCUT2D eigenvalue weighted by Crippen LogP contribution is 2.63. The quantitative estimate of drug-likeness (QED) is 0.441. The average Bonchev–Trinajstić information content (AvgIpc) is 3.54. The molecule has 6 nitrogen and oxygen atoms in total. The van der Waals surface area contributed by atoms with Crippen LogP contribution in [0.2, 0.25) is 0 Å². The van der Waals surface area contributed by atoms with Gasteiger partial charge in [-0.2, -0.15) is 0 Å². The smallest absolute Gasteiger partial charge is 0.179 e. The first-order valence-corrected chi connectivity index (χ1v) is 12.5. The maximum absolute atomic E-state index is 14.6. The van der Waals surface area contributed by atoms with Gasteiger partial charge in [0.15, 0.2) is 11.5 Å². The van der Waals surface area contributed by atoms with Crippen LogP contribution >= 0.6 is 11.8 Å². The molecule has 2 aliphatic rings. The molecule has 3 atom stereocenters. The summed E-state index contributed by atoms with van der Waals surface area (Å²) in [5.74, 6) is 0.929. The number of aromatic nitrogens is 4. The Labute approximate surface area is 206 Å². The van der Waals surface area contributed by atoms with E-state index in [2.05, 4.69) is 19.9 Å². The first-order chi connectivity index (χ1) is 17.0. The van der Waals surface area contributed by atoms with E-state index in [1.54, 1.807) is 31.5 Å². The second-order valence-corrected chi connectivity index (χ2v) is 10.3. The van der Waals surface area contributed by atoms with Crippen molar-refractivity contribution < 1.29 is 8.78 Å². The van der Waals surface area contributed by atoms with Gasteiger partial charge in [-0.05, 0) is 55.0 Å². The second kappa shape index (κ2) is 8.49. The Balaban J connectivity index is 1.23. The van der Waals surface area contributed by atoms with E-state index in [1.165, 1.54) is 17.8 Å². The summed E-state index contributed by atoms with van der Waals surface area (Å²) in [6, 6.07) is 12.3.